The monoisotopic (exact) mass is 328 g/mol. The first-order valence-electron chi connectivity index (χ1n) is 7.89. The van der Waals surface area contributed by atoms with Gasteiger partial charge in [0, 0.05) is 17.3 Å². The van der Waals surface area contributed by atoms with E-state index in [1.165, 1.54) is 32.1 Å². The molecule has 0 heterocycles. The Balaban J connectivity index is 1.91. The van der Waals surface area contributed by atoms with Crippen LogP contribution >= 0.6 is 23.4 Å². The average Bonchev–Trinajstić information content (AvgIpc) is 2.52. The third-order valence-corrected chi connectivity index (χ3v) is 5.72. The standard InChI is InChI=1S/C17H25ClO2S/c1-2-20-17(13-8-4-3-5-9-13)15(19)12-21-16-11-7-6-10-14(16)18/h6-7,10-11,13,15,17,19H,2-5,8-9,12H2,1H3. The third-order valence-electron chi connectivity index (χ3n) is 4.10. The van der Waals surface area contributed by atoms with E-state index in [-0.39, 0.29) is 6.10 Å². The summed E-state index contributed by atoms with van der Waals surface area (Å²) in [7, 11) is 0. The van der Waals surface area contributed by atoms with Crippen LogP contribution in [0.25, 0.3) is 0 Å². The zero-order valence-corrected chi connectivity index (χ0v) is 14.2. The van der Waals surface area contributed by atoms with Gasteiger partial charge in [-0.05, 0) is 37.8 Å². The molecular weight excluding hydrogens is 304 g/mol. The Hall–Kier alpha value is -0.220. The molecule has 1 aliphatic rings. The van der Waals surface area contributed by atoms with Gasteiger partial charge >= 0.3 is 0 Å². The summed E-state index contributed by atoms with van der Waals surface area (Å²) in [4.78, 5) is 1.03. The van der Waals surface area contributed by atoms with E-state index < -0.39 is 6.10 Å². The SMILES string of the molecule is CCOC(C(O)CSc1ccccc1Cl)C1CCCCC1. The first-order valence-corrected chi connectivity index (χ1v) is 9.25. The van der Waals surface area contributed by atoms with Gasteiger partial charge in [-0.2, -0.15) is 0 Å². The number of rotatable bonds is 7. The van der Waals surface area contributed by atoms with Crippen LogP contribution in [-0.2, 0) is 4.74 Å². The molecule has 1 aromatic carbocycles. The Morgan fingerprint density at radius 3 is 2.67 bits per heavy atom. The lowest BCUT2D eigenvalue weighted by Crippen LogP contribution is -2.38. The van der Waals surface area contributed by atoms with Crippen molar-refractivity contribution in [2.45, 2.75) is 56.1 Å². The van der Waals surface area contributed by atoms with Crippen LogP contribution < -0.4 is 0 Å². The van der Waals surface area contributed by atoms with E-state index in [1.54, 1.807) is 11.8 Å². The molecule has 2 rings (SSSR count). The summed E-state index contributed by atoms with van der Waals surface area (Å²) in [5, 5.41) is 11.3. The molecule has 1 saturated carbocycles. The van der Waals surface area contributed by atoms with E-state index in [2.05, 4.69) is 0 Å². The minimum atomic E-state index is -0.436. The molecule has 4 heteroatoms. The molecule has 0 aromatic heterocycles. The van der Waals surface area contributed by atoms with Crippen molar-refractivity contribution >= 4 is 23.4 Å². The van der Waals surface area contributed by atoms with Crippen LogP contribution in [0.5, 0.6) is 0 Å². The normalized spacial score (nSPS) is 19.4. The van der Waals surface area contributed by atoms with Crippen molar-refractivity contribution in [3.8, 4) is 0 Å². The summed E-state index contributed by atoms with van der Waals surface area (Å²) in [5.74, 6) is 1.13. The lowest BCUT2D eigenvalue weighted by atomic mass is 9.83. The molecule has 0 amide bonds. The highest BCUT2D eigenvalue weighted by Gasteiger charge is 2.30. The van der Waals surface area contributed by atoms with Crippen LogP contribution in [0.2, 0.25) is 5.02 Å². The first-order chi connectivity index (χ1) is 10.2. The zero-order chi connectivity index (χ0) is 15.1. The third kappa shape index (κ3) is 5.17. The van der Waals surface area contributed by atoms with Gasteiger partial charge in [-0.3, -0.25) is 0 Å². The predicted octanol–water partition coefficient (Wildman–Crippen LogP) is 4.78. The van der Waals surface area contributed by atoms with Gasteiger partial charge < -0.3 is 9.84 Å². The van der Waals surface area contributed by atoms with Crippen molar-refractivity contribution in [3.05, 3.63) is 29.3 Å². The molecule has 2 nitrogen and oxygen atoms in total. The summed E-state index contributed by atoms with van der Waals surface area (Å²) < 4.78 is 5.87. The Kier molecular flexibility index (Phi) is 7.38. The van der Waals surface area contributed by atoms with E-state index in [0.29, 0.717) is 18.3 Å². The Morgan fingerprint density at radius 1 is 1.29 bits per heavy atom. The Bertz CT molecular complexity index is 421. The van der Waals surface area contributed by atoms with Gasteiger partial charge in [-0.1, -0.05) is 43.0 Å². The second-order valence-corrected chi connectivity index (χ2v) is 7.10. The largest absolute Gasteiger partial charge is 0.390 e. The maximum atomic E-state index is 10.6. The molecule has 118 valence electrons. The predicted molar refractivity (Wildman–Crippen MR) is 90.2 cm³/mol. The van der Waals surface area contributed by atoms with E-state index >= 15 is 0 Å². The molecule has 2 atom stereocenters. The summed E-state index contributed by atoms with van der Waals surface area (Å²) in [5.41, 5.74) is 0. The smallest absolute Gasteiger partial charge is 0.0898 e. The highest BCUT2D eigenvalue weighted by atomic mass is 35.5. The van der Waals surface area contributed by atoms with Crippen molar-refractivity contribution in [1.29, 1.82) is 0 Å². The van der Waals surface area contributed by atoms with Crippen molar-refractivity contribution in [2.75, 3.05) is 12.4 Å². The van der Waals surface area contributed by atoms with Crippen LogP contribution in [0, 0.1) is 5.92 Å². The summed E-state index contributed by atoms with van der Waals surface area (Å²) in [6.45, 7) is 2.67. The number of hydrogen-bond acceptors (Lipinski definition) is 3. The quantitative estimate of drug-likeness (QED) is 0.730. The molecule has 0 aliphatic heterocycles. The molecule has 1 fully saturated rings. The van der Waals surface area contributed by atoms with Gasteiger partial charge in [0.05, 0.1) is 17.2 Å². The lowest BCUT2D eigenvalue weighted by Gasteiger charge is -2.33. The molecular formula is C17H25ClO2S. The van der Waals surface area contributed by atoms with Crippen LogP contribution in [-0.4, -0.2) is 29.7 Å². The average molecular weight is 329 g/mol. The highest BCUT2D eigenvalue weighted by Crippen LogP contribution is 2.32. The molecule has 2 unspecified atom stereocenters. The number of benzene rings is 1. The number of aliphatic hydroxyl groups is 1. The van der Waals surface area contributed by atoms with Crippen molar-refractivity contribution in [2.24, 2.45) is 5.92 Å². The molecule has 0 bridgehead atoms. The van der Waals surface area contributed by atoms with Crippen molar-refractivity contribution in [1.82, 2.24) is 0 Å². The molecule has 1 N–H and O–H groups in total. The van der Waals surface area contributed by atoms with E-state index in [9.17, 15) is 5.11 Å². The van der Waals surface area contributed by atoms with E-state index in [4.69, 9.17) is 16.3 Å². The second-order valence-electron chi connectivity index (χ2n) is 5.63. The van der Waals surface area contributed by atoms with E-state index in [1.807, 2.05) is 31.2 Å². The van der Waals surface area contributed by atoms with Gasteiger partial charge in [0.15, 0.2) is 0 Å². The fourth-order valence-electron chi connectivity index (χ4n) is 3.05. The Labute approximate surface area is 137 Å². The Morgan fingerprint density at radius 2 is 2.00 bits per heavy atom. The number of halogens is 1. The first kappa shape index (κ1) is 17.1. The van der Waals surface area contributed by atoms with Crippen LogP contribution in [0.3, 0.4) is 0 Å². The number of thioether (sulfide) groups is 1. The molecule has 1 aromatic rings. The summed E-state index contributed by atoms with van der Waals surface area (Å²) in [6.07, 6.45) is 5.73. The molecule has 1 aliphatic carbocycles. The lowest BCUT2D eigenvalue weighted by molar-refractivity contribution is -0.0631. The van der Waals surface area contributed by atoms with Crippen molar-refractivity contribution in [3.63, 3.8) is 0 Å². The number of hydrogen-bond donors (Lipinski definition) is 1. The maximum Gasteiger partial charge on any atom is 0.0898 e. The molecule has 0 saturated heterocycles. The highest BCUT2D eigenvalue weighted by molar-refractivity contribution is 7.99. The fraction of sp³-hybridized carbons (Fsp3) is 0.647. The van der Waals surface area contributed by atoms with Crippen LogP contribution in [0.15, 0.2) is 29.2 Å². The van der Waals surface area contributed by atoms with Gasteiger partial charge in [-0.15, -0.1) is 11.8 Å². The minimum Gasteiger partial charge on any atom is -0.390 e. The van der Waals surface area contributed by atoms with Gasteiger partial charge in [0.2, 0.25) is 0 Å². The summed E-state index contributed by atoms with van der Waals surface area (Å²) >= 11 is 7.77. The number of aliphatic hydroxyl groups excluding tert-OH is 1. The van der Waals surface area contributed by atoms with Crippen LogP contribution in [0.4, 0.5) is 0 Å². The van der Waals surface area contributed by atoms with Gasteiger partial charge in [-0.25, -0.2) is 0 Å². The maximum absolute atomic E-state index is 10.6. The van der Waals surface area contributed by atoms with Crippen molar-refractivity contribution < 1.29 is 9.84 Å². The molecule has 0 radical (unpaired) electrons. The molecule has 0 spiro atoms. The second kappa shape index (κ2) is 9.04. The summed E-state index contributed by atoms with van der Waals surface area (Å²) in [6, 6.07) is 7.78. The minimum absolute atomic E-state index is 0.0368. The zero-order valence-electron chi connectivity index (χ0n) is 12.6. The topological polar surface area (TPSA) is 29.5 Å². The van der Waals surface area contributed by atoms with Crippen LogP contribution in [0.1, 0.15) is 39.0 Å². The molecule has 21 heavy (non-hydrogen) atoms. The number of ether oxygens (including phenoxy) is 1. The fourth-order valence-corrected chi connectivity index (χ4v) is 4.27. The van der Waals surface area contributed by atoms with E-state index in [0.717, 1.165) is 9.92 Å². The van der Waals surface area contributed by atoms with Gasteiger partial charge in [0.25, 0.3) is 0 Å². The van der Waals surface area contributed by atoms with Gasteiger partial charge in [0.1, 0.15) is 0 Å².